The molecule has 0 amide bonds. The van der Waals surface area contributed by atoms with E-state index in [0.29, 0.717) is 0 Å². The van der Waals surface area contributed by atoms with Gasteiger partial charge >= 0.3 is 6.36 Å². The number of ether oxygens (including phenoxy) is 1. The van der Waals surface area contributed by atoms with Gasteiger partial charge in [-0.15, -0.1) is 13.2 Å². The Balaban J connectivity index is 3.18. The molecular weight excluding hydrogens is 277 g/mol. The fourth-order valence-electron chi connectivity index (χ4n) is 0.903. The van der Waals surface area contributed by atoms with Gasteiger partial charge in [0, 0.05) is 23.3 Å². The lowest BCUT2D eigenvalue weighted by atomic mass is 10.2. The summed E-state index contributed by atoms with van der Waals surface area (Å²) in [7, 11) is 0. The first kappa shape index (κ1) is 11.8. The van der Waals surface area contributed by atoms with E-state index in [2.05, 4.69) is 25.7 Å². The van der Waals surface area contributed by atoms with Crippen LogP contribution in [0, 0.1) is 11.3 Å². The molecule has 80 valence electrons. The standard InChI is InChI=1S/C8H4BrF3N2O/c9-1-5-3-14-4-6(2-13)7(5)15-8(10,11)12/h3-4H,1H2. The fraction of sp³-hybridized carbons (Fsp3) is 0.250. The third-order valence-corrected chi connectivity index (χ3v) is 2.06. The molecule has 0 aliphatic heterocycles. The van der Waals surface area contributed by atoms with Crippen LogP contribution in [0.1, 0.15) is 11.1 Å². The quantitative estimate of drug-likeness (QED) is 0.783. The van der Waals surface area contributed by atoms with Crippen LogP contribution in [-0.4, -0.2) is 11.3 Å². The van der Waals surface area contributed by atoms with E-state index in [1.807, 2.05) is 0 Å². The Labute approximate surface area is 91.6 Å². The average Bonchev–Trinajstić information content (AvgIpc) is 2.16. The van der Waals surface area contributed by atoms with Gasteiger partial charge in [0.1, 0.15) is 11.6 Å². The summed E-state index contributed by atoms with van der Waals surface area (Å²) in [5.74, 6) is -0.503. The molecule has 1 rings (SSSR count). The lowest BCUT2D eigenvalue weighted by Gasteiger charge is -2.12. The minimum absolute atomic E-state index is 0.126. The molecule has 1 aromatic rings. The number of alkyl halides is 4. The summed E-state index contributed by atoms with van der Waals surface area (Å²) in [5, 5.41) is 8.71. The van der Waals surface area contributed by atoms with Gasteiger partial charge in [-0.05, 0) is 0 Å². The summed E-state index contributed by atoms with van der Waals surface area (Å²) < 4.78 is 39.8. The van der Waals surface area contributed by atoms with Crippen molar-refractivity contribution in [3.8, 4) is 11.8 Å². The van der Waals surface area contributed by atoms with Crippen molar-refractivity contribution in [2.24, 2.45) is 0 Å². The van der Waals surface area contributed by atoms with Crippen LogP contribution in [-0.2, 0) is 5.33 Å². The van der Waals surface area contributed by atoms with Gasteiger partial charge in [0.2, 0.25) is 0 Å². The van der Waals surface area contributed by atoms with Crippen molar-refractivity contribution in [1.29, 1.82) is 5.26 Å². The highest BCUT2D eigenvalue weighted by molar-refractivity contribution is 9.08. The predicted octanol–water partition coefficient (Wildman–Crippen LogP) is 2.75. The largest absolute Gasteiger partial charge is 0.573 e. The van der Waals surface area contributed by atoms with Crippen LogP contribution in [0.25, 0.3) is 0 Å². The van der Waals surface area contributed by atoms with Gasteiger partial charge in [0.25, 0.3) is 0 Å². The number of rotatable bonds is 2. The summed E-state index contributed by atoms with van der Waals surface area (Å²) >= 11 is 2.98. The smallest absolute Gasteiger partial charge is 0.404 e. The monoisotopic (exact) mass is 280 g/mol. The maximum atomic E-state index is 12.0. The molecule has 3 nitrogen and oxygen atoms in total. The highest BCUT2D eigenvalue weighted by Gasteiger charge is 2.33. The maximum Gasteiger partial charge on any atom is 0.573 e. The van der Waals surface area contributed by atoms with Crippen molar-refractivity contribution < 1.29 is 17.9 Å². The minimum atomic E-state index is -4.82. The first-order chi connectivity index (χ1) is 6.98. The van der Waals surface area contributed by atoms with Gasteiger partial charge in [-0.2, -0.15) is 5.26 Å². The summed E-state index contributed by atoms with van der Waals surface area (Å²) in [6, 6.07) is 1.58. The average molecular weight is 281 g/mol. The van der Waals surface area contributed by atoms with Crippen molar-refractivity contribution in [2.45, 2.75) is 11.7 Å². The van der Waals surface area contributed by atoms with E-state index in [0.717, 1.165) is 6.20 Å². The van der Waals surface area contributed by atoms with Crippen LogP contribution in [0.4, 0.5) is 13.2 Å². The van der Waals surface area contributed by atoms with E-state index in [9.17, 15) is 13.2 Å². The molecular formula is C8H4BrF3N2O. The molecule has 0 aromatic carbocycles. The minimum Gasteiger partial charge on any atom is -0.404 e. The van der Waals surface area contributed by atoms with E-state index < -0.39 is 12.1 Å². The van der Waals surface area contributed by atoms with Crippen LogP contribution >= 0.6 is 15.9 Å². The molecule has 0 fully saturated rings. The lowest BCUT2D eigenvalue weighted by Crippen LogP contribution is -2.19. The Kier molecular flexibility index (Phi) is 3.52. The first-order valence-electron chi connectivity index (χ1n) is 3.66. The van der Waals surface area contributed by atoms with Crippen LogP contribution in [0.15, 0.2) is 12.4 Å². The van der Waals surface area contributed by atoms with Crippen LogP contribution in [0.2, 0.25) is 0 Å². The van der Waals surface area contributed by atoms with E-state index >= 15 is 0 Å². The van der Waals surface area contributed by atoms with E-state index in [1.165, 1.54) is 6.20 Å². The molecule has 0 unspecified atom stereocenters. The molecule has 1 aromatic heterocycles. The van der Waals surface area contributed by atoms with Crippen LogP contribution < -0.4 is 4.74 Å². The molecule has 0 bridgehead atoms. The normalized spacial score (nSPS) is 10.9. The van der Waals surface area contributed by atoms with Gasteiger partial charge in [0.15, 0.2) is 5.75 Å². The van der Waals surface area contributed by atoms with Gasteiger partial charge in [0.05, 0.1) is 0 Å². The number of nitriles is 1. The SMILES string of the molecule is N#Cc1cncc(CBr)c1OC(F)(F)F. The molecule has 15 heavy (non-hydrogen) atoms. The second-order valence-corrected chi connectivity index (χ2v) is 3.03. The number of nitrogens with zero attached hydrogens (tertiary/aromatic N) is 2. The number of halogens is 4. The van der Waals surface area contributed by atoms with E-state index in [1.54, 1.807) is 6.07 Å². The van der Waals surface area contributed by atoms with Crippen molar-refractivity contribution in [3.63, 3.8) is 0 Å². The molecule has 0 aliphatic carbocycles. The van der Waals surface area contributed by atoms with Crippen molar-refractivity contribution in [2.75, 3.05) is 0 Å². The number of hydrogen-bond acceptors (Lipinski definition) is 3. The Morgan fingerprint density at radius 1 is 1.47 bits per heavy atom. The Morgan fingerprint density at radius 3 is 2.60 bits per heavy atom. The van der Waals surface area contributed by atoms with Crippen molar-refractivity contribution in [3.05, 3.63) is 23.5 Å². The lowest BCUT2D eigenvalue weighted by molar-refractivity contribution is -0.275. The number of pyridine rings is 1. The zero-order valence-corrected chi connectivity index (χ0v) is 8.76. The summed E-state index contributed by atoms with van der Waals surface area (Å²) in [6.07, 6.45) is -2.59. The van der Waals surface area contributed by atoms with Crippen LogP contribution in [0.5, 0.6) is 5.75 Å². The number of aromatic nitrogens is 1. The van der Waals surface area contributed by atoms with E-state index in [-0.39, 0.29) is 16.5 Å². The highest BCUT2D eigenvalue weighted by atomic mass is 79.9. The molecule has 1 heterocycles. The zero-order chi connectivity index (χ0) is 11.5. The molecule has 0 radical (unpaired) electrons. The maximum absolute atomic E-state index is 12.0. The summed E-state index contributed by atoms with van der Waals surface area (Å²) in [5.41, 5.74) is -0.0735. The molecule has 0 saturated carbocycles. The second kappa shape index (κ2) is 4.49. The third-order valence-electron chi connectivity index (χ3n) is 1.45. The van der Waals surface area contributed by atoms with Gasteiger partial charge in [-0.3, -0.25) is 4.98 Å². The predicted molar refractivity (Wildman–Crippen MR) is 48.3 cm³/mol. The first-order valence-corrected chi connectivity index (χ1v) is 4.78. The van der Waals surface area contributed by atoms with Gasteiger partial charge in [-0.1, -0.05) is 15.9 Å². The van der Waals surface area contributed by atoms with Crippen LogP contribution in [0.3, 0.4) is 0 Å². The third kappa shape index (κ3) is 3.09. The molecule has 0 saturated heterocycles. The fourth-order valence-corrected chi connectivity index (χ4v) is 1.30. The zero-order valence-electron chi connectivity index (χ0n) is 7.18. The van der Waals surface area contributed by atoms with Gasteiger partial charge in [-0.25, -0.2) is 0 Å². The van der Waals surface area contributed by atoms with E-state index in [4.69, 9.17) is 5.26 Å². The summed E-state index contributed by atoms with van der Waals surface area (Å²) in [4.78, 5) is 3.62. The highest BCUT2D eigenvalue weighted by Crippen LogP contribution is 2.30. The Bertz CT molecular complexity index is 400. The Hall–Kier alpha value is -1.29. The number of hydrogen-bond donors (Lipinski definition) is 0. The summed E-state index contributed by atoms with van der Waals surface area (Å²) in [6.45, 7) is 0. The van der Waals surface area contributed by atoms with Crippen molar-refractivity contribution in [1.82, 2.24) is 4.98 Å². The second-order valence-electron chi connectivity index (χ2n) is 2.47. The molecule has 0 aliphatic rings. The molecule has 0 N–H and O–H groups in total. The topological polar surface area (TPSA) is 45.9 Å². The van der Waals surface area contributed by atoms with Gasteiger partial charge < -0.3 is 4.74 Å². The Morgan fingerprint density at radius 2 is 2.13 bits per heavy atom. The molecule has 0 spiro atoms. The molecule has 0 atom stereocenters. The van der Waals surface area contributed by atoms with Crippen molar-refractivity contribution >= 4 is 15.9 Å². The molecule has 7 heteroatoms.